The highest BCUT2D eigenvalue weighted by atomic mass is 16.6. The predicted octanol–water partition coefficient (Wildman–Crippen LogP) is 2.10. The van der Waals surface area contributed by atoms with Crippen LogP contribution in [0.2, 0.25) is 0 Å². The zero-order valence-corrected chi connectivity index (χ0v) is 14.2. The van der Waals surface area contributed by atoms with Gasteiger partial charge in [-0.25, -0.2) is 5.43 Å². The van der Waals surface area contributed by atoms with Crippen molar-refractivity contribution in [1.29, 1.82) is 0 Å². The summed E-state index contributed by atoms with van der Waals surface area (Å²) in [5.74, 6) is 0.271. The van der Waals surface area contributed by atoms with Crippen LogP contribution in [0.25, 0.3) is 0 Å². The van der Waals surface area contributed by atoms with Crippen LogP contribution in [0.5, 0.6) is 0 Å². The number of amides is 1. The van der Waals surface area contributed by atoms with Gasteiger partial charge in [-0.2, -0.15) is 5.10 Å². The third-order valence-electron chi connectivity index (χ3n) is 3.91. The van der Waals surface area contributed by atoms with E-state index in [0.29, 0.717) is 37.6 Å². The minimum atomic E-state index is -0.493. The third-order valence-corrected chi connectivity index (χ3v) is 3.91. The van der Waals surface area contributed by atoms with E-state index in [4.69, 9.17) is 9.15 Å². The lowest BCUT2D eigenvalue weighted by Gasteiger charge is -2.29. The molecule has 3 rings (SSSR count). The Morgan fingerprint density at radius 1 is 1.31 bits per heavy atom. The van der Waals surface area contributed by atoms with E-state index in [9.17, 15) is 14.9 Å². The van der Waals surface area contributed by atoms with Crippen LogP contribution in [0, 0.1) is 17.0 Å². The number of hydrogen-bond donors (Lipinski definition) is 1. The van der Waals surface area contributed by atoms with Gasteiger partial charge in [-0.15, -0.1) is 0 Å². The molecule has 0 radical (unpaired) electrons. The molecule has 1 aromatic heterocycles. The lowest BCUT2D eigenvalue weighted by atomic mass is 10.1. The molecule has 0 saturated carbocycles. The molecule has 1 aliphatic heterocycles. The molecule has 1 N–H and O–H groups in total. The minimum Gasteiger partial charge on any atom is -0.456 e. The fraction of sp³-hybridized carbons (Fsp3) is 0.294. The van der Waals surface area contributed by atoms with E-state index in [-0.39, 0.29) is 11.4 Å². The monoisotopic (exact) mass is 358 g/mol. The molecule has 26 heavy (non-hydrogen) atoms. The van der Waals surface area contributed by atoms with Crippen molar-refractivity contribution in [2.45, 2.75) is 6.92 Å². The van der Waals surface area contributed by atoms with Gasteiger partial charge in [-0.1, -0.05) is 0 Å². The first-order chi connectivity index (χ1) is 12.5. The Hall–Kier alpha value is -3.20. The molecule has 1 aliphatic rings. The number of anilines is 1. The SMILES string of the molecule is Cc1ccc(C(=O)N/N=C\c2cc([N+](=O)[O-])ccc2N2CCOCC2)o1. The van der Waals surface area contributed by atoms with Crippen molar-refractivity contribution in [2.75, 3.05) is 31.2 Å². The van der Waals surface area contributed by atoms with Gasteiger partial charge in [0.25, 0.3) is 5.69 Å². The molecule has 9 heteroatoms. The molecule has 0 aliphatic carbocycles. The van der Waals surface area contributed by atoms with Crippen LogP contribution in [0.4, 0.5) is 11.4 Å². The number of benzene rings is 1. The summed E-state index contributed by atoms with van der Waals surface area (Å²) >= 11 is 0. The van der Waals surface area contributed by atoms with Crippen LogP contribution in [0.1, 0.15) is 21.9 Å². The van der Waals surface area contributed by atoms with Crippen LogP contribution < -0.4 is 10.3 Å². The Labute approximate surface area is 149 Å². The van der Waals surface area contributed by atoms with E-state index in [1.54, 1.807) is 25.1 Å². The molecule has 1 fully saturated rings. The highest BCUT2D eigenvalue weighted by Crippen LogP contribution is 2.25. The average molecular weight is 358 g/mol. The van der Waals surface area contributed by atoms with Crippen molar-refractivity contribution in [3.8, 4) is 0 Å². The molecule has 2 heterocycles. The summed E-state index contributed by atoms with van der Waals surface area (Å²) in [6.45, 7) is 4.26. The number of nitrogens with zero attached hydrogens (tertiary/aromatic N) is 3. The standard InChI is InChI=1S/C17H18N4O5/c1-12-2-5-16(26-12)17(22)19-18-11-13-10-14(21(23)24)3-4-15(13)20-6-8-25-9-7-20/h2-5,10-11H,6-9H2,1H3,(H,19,22)/b18-11-. The van der Waals surface area contributed by atoms with Gasteiger partial charge in [-0.05, 0) is 25.1 Å². The van der Waals surface area contributed by atoms with Crippen LogP contribution in [-0.4, -0.2) is 43.3 Å². The number of furan rings is 1. The summed E-state index contributed by atoms with van der Waals surface area (Å²) in [4.78, 5) is 24.6. The highest BCUT2D eigenvalue weighted by molar-refractivity contribution is 5.94. The molecular weight excluding hydrogens is 340 g/mol. The molecule has 0 spiro atoms. The minimum absolute atomic E-state index is 0.0450. The van der Waals surface area contributed by atoms with Gasteiger partial charge < -0.3 is 14.1 Å². The largest absolute Gasteiger partial charge is 0.456 e. The van der Waals surface area contributed by atoms with E-state index in [0.717, 1.165) is 5.69 Å². The molecule has 1 saturated heterocycles. The molecule has 0 unspecified atom stereocenters. The summed E-state index contributed by atoms with van der Waals surface area (Å²) in [5.41, 5.74) is 3.65. The van der Waals surface area contributed by atoms with Crippen molar-refractivity contribution in [1.82, 2.24) is 5.43 Å². The lowest BCUT2D eigenvalue weighted by Crippen LogP contribution is -2.36. The fourth-order valence-corrected chi connectivity index (χ4v) is 2.62. The molecule has 136 valence electrons. The van der Waals surface area contributed by atoms with Gasteiger partial charge in [0.2, 0.25) is 0 Å². The van der Waals surface area contributed by atoms with Crippen molar-refractivity contribution in [3.05, 3.63) is 57.5 Å². The number of morpholine rings is 1. The van der Waals surface area contributed by atoms with Crippen molar-refractivity contribution < 1.29 is 18.9 Å². The number of rotatable bonds is 5. The van der Waals surface area contributed by atoms with Gasteiger partial charge in [0.15, 0.2) is 5.76 Å². The predicted molar refractivity (Wildman–Crippen MR) is 94.6 cm³/mol. The number of hydrogen-bond acceptors (Lipinski definition) is 7. The molecule has 0 bridgehead atoms. The smallest absolute Gasteiger partial charge is 0.307 e. The van der Waals surface area contributed by atoms with Gasteiger partial charge in [-0.3, -0.25) is 14.9 Å². The quantitative estimate of drug-likeness (QED) is 0.498. The normalized spacial score (nSPS) is 14.6. The molecule has 2 aromatic rings. The lowest BCUT2D eigenvalue weighted by molar-refractivity contribution is -0.384. The number of nitro benzene ring substituents is 1. The number of nitro groups is 1. The summed E-state index contributed by atoms with van der Waals surface area (Å²) < 4.78 is 10.6. The van der Waals surface area contributed by atoms with E-state index in [1.165, 1.54) is 18.3 Å². The summed E-state index contributed by atoms with van der Waals surface area (Å²) in [5, 5.41) is 15.0. The van der Waals surface area contributed by atoms with Crippen LogP contribution in [-0.2, 0) is 4.74 Å². The Bertz CT molecular complexity index is 839. The fourth-order valence-electron chi connectivity index (χ4n) is 2.62. The van der Waals surface area contributed by atoms with Gasteiger partial charge in [0, 0.05) is 36.5 Å². The average Bonchev–Trinajstić information content (AvgIpc) is 3.09. The first kappa shape index (κ1) is 17.6. The summed E-state index contributed by atoms with van der Waals surface area (Å²) in [6.07, 6.45) is 1.39. The van der Waals surface area contributed by atoms with E-state index < -0.39 is 10.8 Å². The topological polar surface area (TPSA) is 110 Å². The maximum Gasteiger partial charge on any atom is 0.307 e. The maximum atomic E-state index is 12.0. The number of hydrazone groups is 1. The van der Waals surface area contributed by atoms with Crippen molar-refractivity contribution >= 4 is 23.5 Å². The third kappa shape index (κ3) is 4.06. The second-order valence-electron chi connectivity index (χ2n) is 5.71. The summed E-state index contributed by atoms with van der Waals surface area (Å²) in [6, 6.07) is 7.79. The number of non-ortho nitro benzene ring substituents is 1. The number of carbonyl (C=O) groups excluding carboxylic acids is 1. The molecule has 9 nitrogen and oxygen atoms in total. The van der Waals surface area contributed by atoms with Gasteiger partial charge >= 0.3 is 5.91 Å². The van der Waals surface area contributed by atoms with Crippen LogP contribution in [0.15, 0.2) is 39.9 Å². The second-order valence-corrected chi connectivity index (χ2v) is 5.71. The van der Waals surface area contributed by atoms with Crippen molar-refractivity contribution in [3.63, 3.8) is 0 Å². The highest BCUT2D eigenvalue weighted by Gasteiger charge is 2.17. The Morgan fingerprint density at radius 2 is 2.08 bits per heavy atom. The summed E-state index contributed by atoms with van der Waals surface area (Å²) in [7, 11) is 0. The second kappa shape index (κ2) is 7.79. The Balaban J connectivity index is 1.80. The Morgan fingerprint density at radius 3 is 2.73 bits per heavy atom. The first-order valence-electron chi connectivity index (χ1n) is 8.05. The molecule has 0 atom stereocenters. The van der Waals surface area contributed by atoms with E-state index >= 15 is 0 Å². The Kier molecular flexibility index (Phi) is 5.28. The van der Waals surface area contributed by atoms with Crippen molar-refractivity contribution in [2.24, 2.45) is 5.10 Å². The zero-order chi connectivity index (χ0) is 18.5. The number of carbonyl (C=O) groups is 1. The van der Waals surface area contributed by atoms with E-state index in [1.807, 2.05) is 0 Å². The van der Waals surface area contributed by atoms with E-state index in [2.05, 4.69) is 15.4 Å². The number of aryl methyl sites for hydroxylation is 1. The number of ether oxygens (including phenoxy) is 1. The maximum absolute atomic E-state index is 12.0. The zero-order valence-electron chi connectivity index (χ0n) is 14.2. The molecule has 1 amide bonds. The van der Waals surface area contributed by atoms with Gasteiger partial charge in [0.05, 0.1) is 24.4 Å². The van der Waals surface area contributed by atoms with Crippen LogP contribution in [0.3, 0.4) is 0 Å². The molecular formula is C17H18N4O5. The van der Waals surface area contributed by atoms with Crippen LogP contribution >= 0.6 is 0 Å². The first-order valence-corrected chi connectivity index (χ1v) is 8.05. The van der Waals surface area contributed by atoms with Gasteiger partial charge in [0.1, 0.15) is 5.76 Å². The molecule has 1 aromatic carbocycles. The number of nitrogens with one attached hydrogen (secondary N) is 1.